The SMILES string of the molecule is CCC1CCC(NC(=O)CC(C)(C(=O)O)C(C)C)CC1. The summed E-state index contributed by atoms with van der Waals surface area (Å²) < 4.78 is 0. The van der Waals surface area contributed by atoms with Gasteiger partial charge in [-0.1, -0.05) is 27.2 Å². The van der Waals surface area contributed by atoms with E-state index in [0.29, 0.717) is 0 Å². The van der Waals surface area contributed by atoms with Crippen LogP contribution in [0.2, 0.25) is 0 Å². The number of aliphatic carboxylic acids is 1. The Bertz CT molecular complexity index is 346. The largest absolute Gasteiger partial charge is 0.481 e. The Morgan fingerprint density at radius 2 is 1.80 bits per heavy atom. The first kappa shape index (κ1) is 17.0. The van der Waals surface area contributed by atoms with Crippen molar-refractivity contribution in [2.24, 2.45) is 17.3 Å². The third-order valence-corrected chi connectivity index (χ3v) is 5.08. The fourth-order valence-electron chi connectivity index (χ4n) is 2.85. The van der Waals surface area contributed by atoms with Crippen molar-refractivity contribution in [2.75, 3.05) is 0 Å². The monoisotopic (exact) mass is 283 g/mol. The summed E-state index contributed by atoms with van der Waals surface area (Å²) in [5, 5.41) is 12.4. The van der Waals surface area contributed by atoms with Crippen molar-refractivity contribution in [3.63, 3.8) is 0 Å². The molecule has 1 fully saturated rings. The summed E-state index contributed by atoms with van der Waals surface area (Å²) in [4.78, 5) is 23.5. The first-order chi connectivity index (χ1) is 9.29. The van der Waals surface area contributed by atoms with Crippen LogP contribution in [-0.2, 0) is 9.59 Å². The van der Waals surface area contributed by atoms with Crippen LogP contribution in [0.5, 0.6) is 0 Å². The van der Waals surface area contributed by atoms with E-state index in [1.807, 2.05) is 13.8 Å². The van der Waals surface area contributed by atoms with Crippen LogP contribution >= 0.6 is 0 Å². The van der Waals surface area contributed by atoms with Gasteiger partial charge in [0.2, 0.25) is 5.91 Å². The minimum absolute atomic E-state index is 0.0632. The van der Waals surface area contributed by atoms with E-state index in [1.165, 1.54) is 19.3 Å². The summed E-state index contributed by atoms with van der Waals surface area (Å²) in [5.41, 5.74) is -0.981. The number of hydrogen-bond donors (Lipinski definition) is 2. The Morgan fingerprint density at radius 3 is 2.20 bits per heavy atom. The van der Waals surface area contributed by atoms with E-state index < -0.39 is 11.4 Å². The van der Waals surface area contributed by atoms with Gasteiger partial charge in [0.05, 0.1) is 5.41 Å². The van der Waals surface area contributed by atoms with Gasteiger partial charge in [-0.3, -0.25) is 9.59 Å². The van der Waals surface area contributed by atoms with Crippen molar-refractivity contribution >= 4 is 11.9 Å². The molecule has 2 N–H and O–H groups in total. The molecular formula is C16H29NO3. The maximum absolute atomic E-state index is 12.1. The summed E-state index contributed by atoms with van der Waals surface area (Å²) >= 11 is 0. The number of rotatable bonds is 6. The first-order valence-corrected chi connectivity index (χ1v) is 7.82. The zero-order chi connectivity index (χ0) is 15.3. The lowest BCUT2D eigenvalue weighted by Gasteiger charge is -2.31. The molecule has 1 rings (SSSR count). The van der Waals surface area contributed by atoms with Gasteiger partial charge in [0.25, 0.3) is 0 Å². The van der Waals surface area contributed by atoms with E-state index in [1.54, 1.807) is 6.92 Å². The molecule has 0 spiro atoms. The molecule has 4 heteroatoms. The zero-order valence-corrected chi connectivity index (χ0v) is 13.2. The third-order valence-electron chi connectivity index (χ3n) is 5.08. The van der Waals surface area contributed by atoms with Crippen LogP contribution < -0.4 is 5.32 Å². The predicted molar refractivity (Wildman–Crippen MR) is 79.4 cm³/mol. The molecule has 0 aromatic rings. The second-order valence-corrected chi connectivity index (χ2v) is 6.75. The Morgan fingerprint density at radius 1 is 1.25 bits per heavy atom. The summed E-state index contributed by atoms with van der Waals surface area (Å²) in [7, 11) is 0. The highest BCUT2D eigenvalue weighted by Gasteiger charge is 2.39. The normalized spacial score (nSPS) is 26.1. The molecule has 4 nitrogen and oxygen atoms in total. The summed E-state index contributed by atoms with van der Waals surface area (Å²) in [6.45, 7) is 7.58. The number of amides is 1. The van der Waals surface area contributed by atoms with Crippen LogP contribution in [0.15, 0.2) is 0 Å². The zero-order valence-electron chi connectivity index (χ0n) is 13.2. The minimum Gasteiger partial charge on any atom is -0.481 e. The molecule has 0 aromatic carbocycles. The molecule has 1 atom stereocenters. The van der Waals surface area contributed by atoms with Gasteiger partial charge in [0.1, 0.15) is 0 Å². The van der Waals surface area contributed by atoms with E-state index in [2.05, 4.69) is 12.2 Å². The van der Waals surface area contributed by atoms with E-state index >= 15 is 0 Å². The van der Waals surface area contributed by atoms with Gasteiger partial charge < -0.3 is 10.4 Å². The molecule has 1 aliphatic rings. The van der Waals surface area contributed by atoms with Crippen molar-refractivity contribution in [1.29, 1.82) is 0 Å². The maximum Gasteiger partial charge on any atom is 0.310 e. The first-order valence-electron chi connectivity index (χ1n) is 7.82. The molecule has 1 unspecified atom stereocenters. The minimum atomic E-state index is -0.981. The van der Waals surface area contributed by atoms with Gasteiger partial charge in [0, 0.05) is 12.5 Å². The molecule has 0 aromatic heterocycles. The van der Waals surface area contributed by atoms with E-state index in [4.69, 9.17) is 0 Å². The molecule has 0 aliphatic heterocycles. The van der Waals surface area contributed by atoms with Gasteiger partial charge in [-0.05, 0) is 44.4 Å². The molecule has 20 heavy (non-hydrogen) atoms. The standard InChI is InChI=1S/C16H29NO3/c1-5-12-6-8-13(9-7-12)17-14(18)10-16(4,11(2)3)15(19)20/h11-13H,5-10H2,1-4H3,(H,17,18)(H,19,20). The highest BCUT2D eigenvalue weighted by Crippen LogP contribution is 2.32. The topological polar surface area (TPSA) is 66.4 Å². The highest BCUT2D eigenvalue weighted by atomic mass is 16.4. The van der Waals surface area contributed by atoms with Gasteiger partial charge in [-0.2, -0.15) is 0 Å². The second-order valence-electron chi connectivity index (χ2n) is 6.75. The Labute approximate surface area is 122 Å². The number of carboxylic acids is 1. The fourth-order valence-corrected chi connectivity index (χ4v) is 2.85. The average Bonchev–Trinajstić information content (AvgIpc) is 2.38. The second kappa shape index (κ2) is 7.09. The predicted octanol–water partition coefficient (Wildman–Crippen LogP) is 3.21. The summed E-state index contributed by atoms with van der Waals surface area (Å²) in [6.07, 6.45) is 5.66. The molecule has 0 radical (unpaired) electrons. The van der Waals surface area contributed by atoms with E-state index in [9.17, 15) is 14.7 Å². The number of hydrogen-bond acceptors (Lipinski definition) is 2. The Balaban J connectivity index is 2.49. The number of carboxylic acid groups (broad SMARTS) is 1. The quantitative estimate of drug-likeness (QED) is 0.786. The van der Waals surface area contributed by atoms with Gasteiger partial charge in [0.15, 0.2) is 0 Å². The smallest absolute Gasteiger partial charge is 0.310 e. The van der Waals surface area contributed by atoms with Crippen molar-refractivity contribution < 1.29 is 14.7 Å². The van der Waals surface area contributed by atoms with Crippen molar-refractivity contribution in [2.45, 2.75) is 72.3 Å². The molecule has 0 bridgehead atoms. The highest BCUT2D eigenvalue weighted by molar-refractivity contribution is 5.85. The lowest BCUT2D eigenvalue weighted by Crippen LogP contribution is -2.43. The number of nitrogens with one attached hydrogen (secondary N) is 1. The third kappa shape index (κ3) is 4.22. The van der Waals surface area contributed by atoms with Gasteiger partial charge in [-0.25, -0.2) is 0 Å². The number of carbonyl (C=O) groups excluding carboxylic acids is 1. The molecule has 0 heterocycles. The molecule has 0 saturated heterocycles. The van der Waals surface area contributed by atoms with E-state index in [-0.39, 0.29) is 24.3 Å². The lowest BCUT2D eigenvalue weighted by atomic mass is 9.76. The van der Waals surface area contributed by atoms with Crippen molar-refractivity contribution in [1.82, 2.24) is 5.32 Å². The molecule has 1 aliphatic carbocycles. The lowest BCUT2D eigenvalue weighted by molar-refractivity contribution is -0.153. The number of carbonyl (C=O) groups is 2. The summed E-state index contributed by atoms with van der Waals surface area (Å²) in [6, 6.07) is 0.232. The van der Waals surface area contributed by atoms with Crippen LogP contribution in [0.1, 0.15) is 66.2 Å². The molecule has 1 saturated carbocycles. The summed E-state index contributed by atoms with van der Waals surface area (Å²) in [5.74, 6) is -0.287. The van der Waals surface area contributed by atoms with Crippen molar-refractivity contribution in [3.05, 3.63) is 0 Å². The molecular weight excluding hydrogens is 254 g/mol. The van der Waals surface area contributed by atoms with Crippen molar-refractivity contribution in [3.8, 4) is 0 Å². The van der Waals surface area contributed by atoms with Gasteiger partial charge in [-0.15, -0.1) is 0 Å². The molecule has 1 amide bonds. The van der Waals surface area contributed by atoms with E-state index in [0.717, 1.165) is 18.8 Å². The van der Waals surface area contributed by atoms with Crippen LogP contribution in [0.3, 0.4) is 0 Å². The van der Waals surface area contributed by atoms with Crippen LogP contribution in [0, 0.1) is 17.3 Å². The van der Waals surface area contributed by atoms with Crippen LogP contribution in [0.25, 0.3) is 0 Å². The van der Waals surface area contributed by atoms with Crippen LogP contribution in [-0.4, -0.2) is 23.0 Å². The maximum atomic E-state index is 12.1. The Kier molecular flexibility index (Phi) is 6.03. The van der Waals surface area contributed by atoms with Crippen LogP contribution in [0.4, 0.5) is 0 Å². The Hall–Kier alpha value is -1.06. The van der Waals surface area contributed by atoms with Gasteiger partial charge >= 0.3 is 5.97 Å². The molecule has 116 valence electrons. The average molecular weight is 283 g/mol. The fraction of sp³-hybridized carbons (Fsp3) is 0.875.